The van der Waals surface area contributed by atoms with E-state index in [1.54, 1.807) is 32.7 Å². The molecule has 3 aromatic heterocycles. The molecule has 2 N–H and O–H groups in total. The highest BCUT2D eigenvalue weighted by Crippen LogP contribution is 2.31. The summed E-state index contributed by atoms with van der Waals surface area (Å²) in [5.41, 5.74) is 2.34. The lowest BCUT2D eigenvalue weighted by atomic mass is 10.1. The van der Waals surface area contributed by atoms with Crippen molar-refractivity contribution in [3.8, 4) is 17.6 Å². The number of nitrogens with one attached hydrogen (secondary N) is 2. The van der Waals surface area contributed by atoms with Gasteiger partial charge in [0.2, 0.25) is 5.91 Å². The summed E-state index contributed by atoms with van der Waals surface area (Å²) in [4.78, 5) is 25.3. The molecule has 3 heterocycles. The molecule has 29 heavy (non-hydrogen) atoms. The molecule has 0 atom stereocenters. The number of amides is 1. The zero-order chi connectivity index (χ0) is 20.4. The Hall–Kier alpha value is -3.66. The van der Waals surface area contributed by atoms with Gasteiger partial charge in [-0.05, 0) is 43.4 Å². The van der Waals surface area contributed by atoms with Crippen LogP contribution >= 0.6 is 0 Å². The molecule has 1 amide bonds. The third-order valence-electron chi connectivity index (χ3n) is 4.81. The standard InChI is InChI=1S/C22H21N5O2/c1-13-8-16(29-3)11-24-19(13)7-6-15-10-26-21(23-2)18-12-25-20(9-17(15)18)27-22(28)14-4-5-14/h8-12,14H,4-5H2,1-3H3,(H,23,26)(H,25,27,28). The van der Waals surface area contributed by atoms with Crippen molar-refractivity contribution < 1.29 is 9.53 Å². The molecule has 3 aromatic rings. The fourth-order valence-electron chi connectivity index (χ4n) is 2.99. The van der Waals surface area contributed by atoms with Crippen molar-refractivity contribution >= 4 is 28.3 Å². The average Bonchev–Trinajstić information content (AvgIpc) is 3.58. The Bertz CT molecular complexity index is 1160. The number of methoxy groups -OCH3 is 1. The summed E-state index contributed by atoms with van der Waals surface area (Å²) in [7, 11) is 3.41. The van der Waals surface area contributed by atoms with Gasteiger partial charge in [0.15, 0.2) is 0 Å². The van der Waals surface area contributed by atoms with Crippen LogP contribution in [0.4, 0.5) is 11.6 Å². The van der Waals surface area contributed by atoms with Gasteiger partial charge in [0.05, 0.1) is 18.9 Å². The molecule has 0 bridgehead atoms. The molecular formula is C22H21N5O2. The van der Waals surface area contributed by atoms with Crippen molar-refractivity contribution in [1.82, 2.24) is 15.0 Å². The molecule has 1 aliphatic carbocycles. The first-order valence-electron chi connectivity index (χ1n) is 9.39. The zero-order valence-electron chi connectivity index (χ0n) is 16.5. The monoisotopic (exact) mass is 387 g/mol. The Balaban J connectivity index is 1.74. The number of hydrogen-bond acceptors (Lipinski definition) is 6. The molecule has 146 valence electrons. The molecule has 1 saturated carbocycles. The molecule has 0 spiro atoms. The van der Waals surface area contributed by atoms with Gasteiger partial charge in [0.25, 0.3) is 0 Å². The van der Waals surface area contributed by atoms with Gasteiger partial charge in [0.1, 0.15) is 23.1 Å². The first-order chi connectivity index (χ1) is 14.1. The Morgan fingerprint density at radius 2 is 1.93 bits per heavy atom. The first kappa shape index (κ1) is 18.7. The molecule has 4 rings (SSSR count). The van der Waals surface area contributed by atoms with E-state index in [0.29, 0.717) is 23.1 Å². The summed E-state index contributed by atoms with van der Waals surface area (Å²) in [5, 5.41) is 7.66. The highest BCUT2D eigenvalue weighted by molar-refractivity contribution is 5.99. The Morgan fingerprint density at radius 3 is 2.62 bits per heavy atom. The van der Waals surface area contributed by atoms with Gasteiger partial charge in [-0.3, -0.25) is 4.79 Å². The van der Waals surface area contributed by atoms with Crippen LogP contribution in [0.5, 0.6) is 5.75 Å². The molecule has 7 heteroatoms. The Labute approximate surface area is 168 Å². The van der Waals surface area contributed by atoms with Crippen molar-refractivity contribution in [2.75, 3.05) is 24.8 Å². The first-order valence-corrected chi connectivity index (χ1v) is 9.39. The maximum absolute atomic E-state index is 12.1. The smallest absolute Gasteiger partial charge is 0.228 e. The van der Waals surface area contributed by atoms with Crippen LogP contribution in [0.15, 0.2) is 30.7 Å². The van der Waals surface area contributed by atoms with Crippen molar-refractivity contribution in [2.24, 2.45) is 5.92 Å². The maximum Gasteiger partial charge on any atom is 0.228 e. The third-order valence-corrected chi connectivity index (χ3v) is 4.81. The van der Waals surface area contributed by atoms with E-state index < -0.39 is 0 Å². The topological polar surface area (TPSA) is 89.0 Å². The number of pyridine rings is 3. The molecule has 0 saturated heterocycles. The van der Waals surface area contributed by atoms with E-state index in [2.05, 4.69) is 37.4 Å². The predicted octanol–water partition coefficient (Wildman–Crippen LogP) is 3.13. The molecule has 0 radical (unpaired) electrons. The molecular weight excluding hydrogens is 366 g/mol. The number of nitrogens with zero attached hydrogens (tertiary/aromatic N) is 3. The fourth-order valence-corrected chi connectivity index (χ4v) is 2.99. The summed E-state index contributed by atoms with van der Waals surface area (Å²) in [6, 6.07) is 3.74. The van der Waals surface area contributed by atoms with Crippen molar-refractivity contribution in [3.05, 3.63) is 47.5 Å². The van der Waals surface area contributed by atoms with Crippen LogP contribution in [-0.4, -0.2) is 35.0 Å². The van der Waals surface area contributed by atoms with Crippen molar-refractivity contribution in [3.63, 3.8) is 0 Å². The average molecular weight is 387 g/mol. The number of hydrogen-bond donors (Lipinski definition) is 2. The summed E-state index contributed by atoms with van der Waals surface area (Å²) in [6.45, 7) is 1.94. The number of aromatic nitrogens is 3. The van der Waals surface area contributed by atoms with Gasteiger partial charge in [-0.25, -0.2) is 15.0 Å². The zero-order valence-corrected chi connectivity index (χ0v) is 16.5. The predicted molar refractivity (Wildman–Crippen MR) is 112 cm³/mol. The van der Waals surface area contributed by atoms with Crippen LogP contribution in [0.2, 0.25) is 0 Å². The fraction of sp³-hybridized carbons (Fsp3) is 0.273. The van der Waals surface area contributed by atoms with Gasteiger partial charge < -0.3 is 15.4 Å². The number of anilines is 2. The van der Waals surface area contributed by atoms with Crippen LogP contribution in [0.3, 0.4) is 0 Å². The number of fused-ring (bicyclic) bond motifs is 1. The summed E-state index contributed by atoms with van der Waals surface area (Å²) in [5.74, 6) is 8.33. The Kier molecular flexibility index (Phi) is 5.00. The number of ether oxygens (including phenoxy) is 1. The highest BCUT2D eigenvalue weighted by Gasteiger charge is 2.29. The van der Waals surface area contributed by atoms with E-state index in [9.17, 15) is 4.79 Å². The number of carbonyl (C=O) groups excluding carboxylic acids is 1. The van der Waals surface area contributed by atoms with E-state index in [0.717, 1.165) is 34.7 Å². The van der Waals surface area contributed by atoms with Crippen LogP contribution in [0, 0.1) is 24.7 Å². The quantitative estimate of drug-likeness (QED) is 0.669. The SMILES string of the molecule is CNc1ncc(C#Cc2ncc(OC)cc2C)c2cc(NC(=O)C3CC3)ncc12. The van der Waals surface area contributed by atoms with E-state index in [4.69, 9.17) is 4.74 Å². The number of aryl methyl sites for hydroxylation is 1. The normalized spacial score (nSPS) is 12.8. The second-order valence-electron chi connectivity index (χ2n) is 6.94. The van der Waals surface area contributed by atoms with Crippen LogP contribution in [0.1, 0.15) is 29.7 Å². The van der Waals surface area contributed by atoms with Crippen molar-refractivity contribution in [2.45, 2.75) is 19.8 Å². The van der Waals surface area contributed by atoms with Gasteiger partial charge in [-0.2, -0.15) is 0 Å². The lowest BCUT2D eigenvalue weighted by Crippen LogP contribution is -2.14. The second kappa shape index (κ2) is 7.76. The Morgan fingerprint density at radius 1 is 1.10 bits per heavy atom. The molecule has 1 fully saturated rings. The van der Waals surface area contributed by atoms with Gasteiger partial charge >= 0.3 is 0 Å². The summed E-state index contributed by atoms with van der Waals surface area (Å²) < 4.78 is 5.19. The minimum atomic E-state index is 0.0189. The van der Waals surface area contributed by atoms with Crippen molar-refractivity contribution in [1.29, 1.82) is 0 Å². The van der Waals surface area contributed by atoms with Gasteiger partial charge in [-0.15, -0.1) is 0 Å². The van der Waals surface area contributed by atoms with Crippen LogP contribution in [0.25, 0.3) is 10.8 Å². The largest absolute Gasteiger partial charge is 0.495 e. The third kappa shape index (κ3) is 3.97. The lowest BCUT2D eigenvalue weighted by Gasteiger charge is -2.09. The molecule has 0 unspecified atom stereocenters. The van der Waals surface area contributed by atoms with E-state index >= 15 is 0 Å². The minimum absolute atomic E-state index is 0.0189. The molecule has 0 aromatic carbocycles. The van der Waals surface area contributed by atoms with E-state index in [-0.39, 0.29) is 11.8 Å². The molecule has 1 aliphatic rings. The van der Waals surface area contributed by atoms with Gasteiger partial charge in [0, 0.05) is 36.1 Å². The second-order valence-corrected chi connectivity index (χ2v) is 6.94. The highest BCUT2D eigenvalue weighted by atomic mass is 16.5. The molecule has 7 nitrogen and oxygen atoms in total. The van der Waals surface area contributed by atoms with E-state index in [1.807, 2.05) is 19.1 Å². The summed E-state index contributed by atoms with van der Waals surface area (Å²) >= 11 is 0. The number of carbonyl (C=O) groups is 1. The number of rotatable bonds is 4. The summed E-state index contributed by atoms with van der Waals surface area (Å²) in [6.07, 6.45) is 6.95. The van der Waals surface area contributed by atoms with Crippen LogP contribution in [-0.2, 0) is 4.79 Å². The molecule has 0 aliphatic heterocycles. The van der Waals surface area contributed by atoms with Gasteiger partial charge in [-0.1, -0.05) is 5.92 Å². The van der Waals surface area contributed by atoms with Crippen LogP contribution < -0.4 is 15.4 Å². The van der Waals surface area contributed by atoms with E-state index in [1.165, 1.54) is 0 Å². The minimum Gasteiger partial charge on any atom is -0.495 e. The maximum atomic E-state index is 12.1. The lowest BCUT2D eigenvalue weighted by molar-refractivity contribution is -0.117.